The number of ketones is 1. The number of carbonyl (C=O) groups excluding carboxylic acids is 3. The molecule has 0 aliphatic carbocycles. The Morgan fingerprint density at radius 3 is 2.75 bits per heavy atom. The first kappa shape index (κ1) is 12.9. The van der Waals surface area contributed by atoms with Gasteiger partial charge in [-0.05, 0) is 34.1 Å². The fourth-order valence-corrected chi connectivity index (χ4v) is 2.92. The molecule has 8 heteroatoms. The normalized spacial score (nSPS) is 27.7. The molecule has 2 atom stereocenters. The number of anilines is 1. The van der Waals surface area contributed by atoms with Crippen LogP contribution in [0.5, 0.6) is 5.75 Å². The molecule has 2 heterocycles. The lowest BCUT2D eigenvalue weighted by atomic mass is 9.90. The number of nitrogens with one attached hydrogen (secondary N) is 3. The molecular weight excluding hydrogens is 330 g/mol. The highest BCUT2D eigenvalue weighted by molar-refractivity contribution is 9.10. The number of ether oxygens (including phenoxy) is 1. The number of alkyl halides is 1. The topological polar surface area (TPSA) is 96.5 Å². The molecule has 2 aliphatic heterocycles. The fraction of sp³-hybridized carbons (Fsp3) is 0.250. The van der Waals surface area contributed by atoms with Crippen molar-refractivity contribution < 1.29 is 19.1 Å². The van der Waals surface area contributed by atoms with E-state index < -0.39 is 22.4 Å². The maximum Gasteiger partial charge on any atom is 0.322 e. The Balaban J connectivity index is 2.12. The van der Waals surface area contributed by atoms with Crippen LogP contribution in [-0.4, -0.2) is 35.3 Å². The minimum absolute atomic E-state index is 0.361. The second-order valence-corrected chi connectivity index (χ2v) is 5.72. The lowest BCUT2D eigenvalue weighted by Gasteiger charge is -2.42. The summed E-state index contributed by atoms with van der Waals surface area (Å²) in [7, 11) is 1.49. The van der Waals surface area contributed by atoms with E-state index in [-0.39, 0.29) is 5.78 Å². The first-order valence-corrected chi connectivity index (χ1v) is 6.56. The highest BCUT2D eigenvalue weighted by Crippen LogP contribution is 2.38. The maximum atomic E-state index is 12.5. The zero-order valence-corrected chi connectivity index (χ0v) is 11.9. The molecular formula is C12H10BrN3O4. The number of urea groups is 1. The van der Waals surface area contributed by atoms with Crippen LogP contribution in [0.1, 0.15) is 10.4 Å². The van der Waals surface area contributed by atoms with Crippen LogP contribution in [0.25, 0.3) is 0 Å². The van der Waals surface area contributed by atoms with Crippen LogP contribution in [0.3, 0.4) is 0 Å². The minimum atomic E-state index is -1.39. The van der Waals surface area contributed by atoms with Gasteiger partial charge in [0.25, 0.3) is 5.91 Å². The van der Waals surface area contributed by atoms with E-state index >= 15 is 0 Å². The van der Waals surface area contributed by atoms with Crippen molar-refractivity contribution in [1.29, 1.82) is 0 Å². The largest absolute Gasteiger partial charge is 0.497 e. The summed E-state index contributed by atoms with van der Waals surface area (Å²) >= 11 is 3.22. The molecule has 3 rings (SSSR count). The van der Waals surface area contributed by atoms with Gasteiger partial charge in [-0.25, -0.2) is 4.79 Å². The standard InChI is InChI=1S/C12H10BrN3O4/c1-20-5-2-3-7-6(4-5)8(17)9-12(13,16-7)10(18)15-11(19)14-9/h2-4,9,16H,1H3,(H2,14,15,18,19)/t9-,12-/m1/s1. The van der Waals surface area contributed by atoms with Crippen molar-refractivity contribution in [2.24, 2.45) is 0 Å². The van der Waals surface area contributed by atoms with Gasteiger partial charge in [0, 0.05) is 11.3 Å². The van der Waals surface area contributed by atoms with Gasteiger partial charge in [0.1, 0.15) is 11.8 Å². The zero-order valence-electron chi connectivity index (χ0n) is 10.3. The van der Waals surface area contributed by atoms with E-state index in [1.807, 2.05) is 0 Å². The number of amides is 3. The predicted molar refractivity (Wildman–Crippen MR) is 73.1 cm³/mol. The van der Waals surface area contributed by atoms with Crippen LogP contribution in [0.15, 0.2) is 18.2 Å². The Morgan fingerprint density at radius 2 is 2.05 bits per heavy atom. The average Bonchev–Trinajstić information content (AvgIpc) is 2.42. The molecule has 3 N–H and O–H groups in total. The summed E-state index contributed by atoms with van der Waals surface area (Å²) in [5.74, 6) is -0.452. The molecule has 1 saturated heterocycles. The van der Waals surface area contributed by atoms with E-state index in [0.29, 0.717) is 17.0 Å². The van der Waals surface area contributed by atoms with Crippen LogP contribution in [-0.2, 0) is 4.79 Å². The van der Waals surface area contributed by atoms with Gasteiger partial charge in [-0.3, -0.25) is 14.9 Å². The van der Waals surface area contributed by atoms with Crippen LogP contribution < -0.4 is 20.7 Å². The van der Waals surface area contributed by atoms with Crippen LogP contribution in [0.2, 0.25) is 0 Å². The lowest BCUT2D eigenvalue weighted by molar-refractivity contribution is -0.122. The summed E-state index contributed by atoms with van der Waals surface area (Å²) < 4.78 is 3.68. The summed E-state index contributed by atoms with van der Waals surface area (Å²) in [4.78, 5) is 35.9. The number of fused-ring (bicyclic) bond motifs is 2. The minimum Gasteiger partial charge on any atom is -0.497 e. The Bertz CT molecular complexity index is 648. The predicted octanol–water partition coefficient (Wildman–Crippen LogP) is 0.603. The highest BCUT2D eigenvalue weighted by Gasteiger charge is 2.55. The quantitative estimate of drug-likeness (QED) is 0.514. The highest BCUT2D eigenvalue weighted by atomic mass is 79.9. The number of methoxy groups -OCH3 is 1. The van der Waals surface area contributed by atoms with E-state index in [2.05, 4.69) is 31.9 Å². The molecule has 0 bridgehead atoms. The molecule has 1 aromatic carbocycles. The van der Waals surface area contributed by atoms with Gasteiger partial charge < -0.3 is 15.4 Å². The molecule has 0 aromatic heterocycles. The molecule has 2 aliphatic rings. The Hall–Kier alpha value is -2.09. The molecule has 0 unspecified atom stereocenters. The van der Waals surface area contributed by atoms with Gasteiger partial charge in [-0.2, -0.15) is 0 Å². The second-order valence-electron chi connectivity index (χ2n) is 4.47. The van der Waals surface area contributed by atoms with Crippen molar-refractivity contribution in [3.8, 4) is 5.75 Å². The van der Waals surface area contributed by atoms with Crippen LogP contribution in [0.4, 0.5) is 10.5 Å². The van der Waals surface area contributed by atoms with E-state index in [4.69, 9.17) is 4.74 Å². The number of halogens is 1. The van der Waals surface area contributed by atoms with Crippen molar-refractivity contribution in [1.82, 2.24) is 10.6 Å². The fourth-order valence-electron chi connectivity index (χ4n) is 2.28. The number of hydrogen-bond acceptors (Lipinski definition) is 5. The van der Waals surface area contributed by atoms with Crippen molar-refractivity contribution in [3.63, 3.8) is 0 Å². The lowest BCUT2D eigenvalue weighted by Crippen LogP contribution is -2.72. The van der Waals surface area contributed by atoms with E-state index in [1.165, 1.54) is 7.11 Å². The Kier molecular flexibility index (Phi) is 2.72. The molecule has 1 aromatic rings. The molecule has 1 fully saturated rings. The van der Waals surface area contributed by atoms with Gasteiger partial charge in [-0.15, -0.1) is 0 Å². The third-order valence-electron chi connectivity index (χ3n) is 3.30. The van der Waals surface area contributed by atoms with Crippen LogP contribution in [0, 0.1) is 0 Å². The van der Waals surface area contributed by atoms with E-state index in [9.17, 15) is 14.4 Å². The Morgan fingerprint density at radius 1 is 1.30 bits per heavy atom. The van der Waals surface area contributed by atoms with Crippen LogP contribution >= 0.6 is 15.9 Å². The third kappa shape index (κ3) is 1.68. The number of rotatable bonds is 1. The third-order valence-corrected chi connectivity index (χ3v) is 4.32. The van der Waals surface area contributed by atoms with Crippen molar-refractivity contribution in [2.75, 3.05) is 12.4 Å². The summed E-state index contributed by atoms with van der Waals surface area (Å²) in [6.07, 6.45) is 0. The zero-order chi connectivity index (χ0) is 14.5. The smallest absolute Gasteiger partial charge is 0.322 e. The molecule has 7 nitrogen and oxygen atoms in total. The number of imide groups is 1. The first-order chi connectivity index (χ1) is 9.45. The van der Waals surface area contributed by atoms with Gasteiger partial charge in [-0.1, -0.05) is 0 Å². The number of benzene rings is 1. The summed E-state index contributed by atoms with van der Waals surface area (Å²) in [5, 5.41) is 7.51. The molecule has 0 spiro atoms. The molecule has 3 amide bonds. The summed E-state index contributed by atoms with van der Waals surface area (Å²) in [6.45, 7) is 0. The average molecular weight is 340 g/mol. The summed E-state index contributed by atoms with van der Waals surface area (Å²) in [6, 6.07) is 3.17. The van der Waals surface area contributed by atoms with Gasteiger partial charge in [0.2, 0.25) is 4.45 Å². The monoisotopic (exact) mass is 339 g/mol. The van der Waals surface area contributed by atoms with Gasteiger partial charge in [0.15, 0.2) is 5.78 Å². The SMILES string of the molecule is COc1ccc2c(c1)C(=O)[C@H]1NC(=O)NC(=O)[C@]1(Br)N2. The van der Waals surface area contributed by atoms with Crippen molar-refractivity contribution in [2.45, 2.75) is 10.5 Å². The maximum absolute atomic E-state index is 12.5. The first-order valence-electron chi connectivity index (χ1n) is 5.77. The van der Waals surface area contributed by atoms with E-state index in [0.717, 1.165) is 0 Å². The molecule has 20 heavy (non-hydrogen) atoms. The molecule has 0 radical (unpaired) electrons. The van der Waals surface area contributed by atoms with Gasteiger partial charge >= 0.3 is 6.03 Å². The van der Waals surface area contributed by atoms with Crippen molar-refractivity contribution >= 4 is 39.3 Å². The number of carbonyl (C=O) groups is 3. The Labute approximate surface area is 122 Å². The van der Waals surface area contributed by atoms with Gasteiger partial charge in [0.05, 0.1) is 7.11 Å². The van der Waals surface area contributed by atoms with E-state index in [1.54, 1.807) is 18.2 Å². The number of Topliss-reactive ketones (excluding diaryl/α,β-unsaturated/α-hetero) is 1. The summed E-state index contributed by atoms with van der Waals surface area (Å²) in [5.41, 5.74) is 0.856. The number of hydrogen-bond donors (Lipinski definition) is 3. The molecule has 104 valence electrons. The second kappa shape index (κ2) is 4.20. The van der Waals surface area contributed by atoms with Crippen molar-refractivity contribution in [3.05, 3.63) is 23.8 Å². The molecule has 0 saturated carbocycles.